The van der Waals surface area contributed by atoms with E-state index < -0.39 is 10.2 Å². The molecule has 120 valence electrons. The number of rotatable bonds is 9. The van der Waals surface area contributed by atoms with Crippen molar-refractivity contribution in [2.45, 2.75) is 39.2 Å². The van der Waals surface area contributed by atoms with Crippen LogP contribution in [0.15, 0.2) is 0 Å². The molecule has 0 aliphatic carbocycles. The lowest BCUT2D eigenvalue weighted by Gasteiger charge is -2.32. The molecular formula is C13H29N3O2S2. The molecule has 0 aromatic carbocycles. The van der Waals surface area contributed by atoms with Crippen molar-refractivity contribution in [2.75, 3.05) is 38.2 Å². The zero-order valence-electron chi connectivity index (χ0n) is 12.9. The summed E-state index contributed by atoms with van der Waals surface area (Å²) in [6.45, 7) is 6.95. The van der Waals surface area contributed by atoms with Gasteiger partial charge in [0.25, 0.3) is 10.2 Å². The number of hydrogen-bond acceptors (Lipinski definition) is 4. The molecule has 0 radical (unpaired) electrons. The fraction of sp³-hybridized carbons (Fsp3) is 1.00. The van der Waals surface area contributed by atoms with E-state index in [4.69, 9.17) is 0 Å². The summed E-state index contributed by atoms with van der Waals surface area (Å²) in [5, 5.41) is 3.40. The second-order valence-electron chi connectivity index (χ2n) is 5.67. The summed E-state index contributed by atoms with van der Waals surface area (Å²) in [4.78, 5) is 0. The Labute approximate surface area is 128 Å². The average molecular weight is 324 g/mol. The molecular weight excluding hydrogens is 294 g/mol. The predicted molar refractivity (Wildman–Crippen MR) is 87.4 cm³/mol. The second-order valence-corrected chi connectivity index (χ2v) is 8.42. The molecule has 20 heavy (non-hydrogen) atoms. The third-order valence-corrected chi connectivity index (χ3v) is 5.72. The van der Waals surface area contributed by atoms with Crippen molar-refractivity contribution >= 4 is 22.0 Å². The highest BCUT2D eigenvalue weighted by molar-refractivity contribution is 7.98. The normalized spacial score (nSPS) is 21.5. The Kier molecular flexibility index (Phi) is 8.43. The molecule has 0 spiro atoms. The van der Waals surface area contributed by atoms with E-state index in [1.165, 1.54) is 0 Å². The predicted octanol–water partition coefficient (Wildman–Crippen LogP) is 1.28. The van der Waals surface area contributed by atoms with E-state index in [-0.39, 0.29) is 0 Å². The highest BCUT2D eigenvalue weighted by atomic mass is 32.2. The minimum absolute atomic E-state index is 0.425. The van der Waals surface area contributed by atoms with Gasteiger partial charge in [-0.05, 0) is 43.7 Å². The molecule has 0 amide bonds. The maximum absolute atomic E-state index is 12.2. The minimum atomic E-state index is -3.29. The van der Waals surface area contributed by atoms with Crippen LogP contribution in [0.5, 0.6) is 0 Å². The standard InChI is InChI=1S/C13H29N3O2S2/c1-12(2)14-10-13-6-4-8-16(11-13)20(17,18)15-7-5-9-19-3/h12-15H,4-11H2,1-3H3. The van der Waals surface area contributed by atoms with Gasteiger partial charge in [0.15, 0.2) is 0 Å². The van der Waals surface area contributed by atoms with E-state index in [1.54, 1.807) is 16.1 Å². The van der Waals surface area contributed by atoms with Crippen LogP contribution in [0.2, 0.25) is 0 Å². The molecule has 1 atom stereocenters. The van der Waals surface area contributed by atoms with Crippen LogP contribution < -0.4 is 10.0 Å². The SMILES string of the molecule is CSCCCNS(=O)(=O)N1CCCC(CNC(C)C)C1. The van der Waals surface area contributed by atoms with Gasteiger partial charge in [-0.1, -0.05) is 13.8 Å². The van der Waals surface area contributed by atoms with Crippen molar-refractivity contribution in [3.05, 3.63) is 0 Å². The van der Waals surface area contributed by atoms with Gasteiger partial charge >= 0.3 is 0 Å². The summed E-state index contributed by atoms with van der Waals surface area (Å²) in [6, 6.07) is 0.451. The van der Waals surface area contributed by atoms with Crippen LogP contribution in [0.3, 0.4) is 0 Å². The molecule has 1 unspecified atom stereocenters. The van der Waals surface area contributed by atoms with Gasteiger partial charge in [0.2, 0.25) is 0 Å². The number of hydrogen-bond donors (Lipinski definition) is 2. The quantitative estimate of drug-likeness (QED) is 0.628. The fourth-order valence-corrected chi connectivity index (χ4v) is 4.12. The molecule has 0 bridgehead atoms. The molecule has 2 N–H and O–H groups in total. The van der Waals surface area contributed by atoms with Crippen LogP contribution in [0.4, 0.5) is 0 Å². The van der Waals surface area contributed by atoms with Crippen molar-refractivity contribution in [3.63, 3.8) is 0 Å². The zero-order chi connectivity index (χ0) is 15.0. The second kappa shape index (κ2) is 9.25. The Morgan fingerprint density at radius 1 is 1.40 bits per heavy atom. The van der Waals surface area contributed by atoms with Gasteiger partial charge in [-0.25, -0.2) is 4.72 Å². The lowest BCUT2D eigenvalue weighted by Crippen LogP contribution is -2.48. The topological polar surface area (TPSA) is 61.4 Å². The van der Waals surface area contributed by atoms with Gasteiger partial charge < -0.3 is 5.32 Å². The van der Waals surface area contributed by atoms with E-state index in [2.05, 4.69) is 23.9 Å². The maximum atomic E-state index is 12.2. The lowest BCUT2D eigenvalue weighted by atomic mass is 9.99. The van der Waals surface area contributed by atoms with E-state index in [9.17, 15) is 8.42 Å². The summed E-state index contributed by atoms with van der Waals surface area (Å²) in [7, 11) is -3.29. The van der Waals surface area contributed by atoms with E-state index >= 15 is 0 Å². The maximum Gasteiger partial charge on any atom is 0.279 e. The van der Waals surface area contributed by atoms with Crippen molar-refractivity contribution in [1.29, 1.82) is 0 Å². The Morgan fingerprint density at radius 2 is 2.15 bits per heavy atom. The first-order valence-electron chi connectivity index (χ1n) is 7.42. The van der Waals surface area contributed by atoms with Gasteiger partial charge in [-0.2, -0.15) is 24.5 Å². The largest absolute Gasteiger partial charge is 0.314 e. The molecule has 1 saturated heterocycles. The number of nitrogens with one attached hydrogen (secondary N) is 2. The van der Waals surface area contributed by atoms with Crippen LogP contribution in [0.25, 0.3) is 0 Å². The van der Waals surface area contributed by atoms with Gasteiger partial charge in [-0.3, -0.25) is 0 Å². The molecule has 1 aliphatic heterocycles. The smallest absolute Gasteiger partial charge is 0.279 e. The Bertz CT molecular complexity index is 361. The third kappa shape index (κ3) is 6.76. The Balaban J connectivity index is 2.40. The summed E-state index contributed by atoms with van der Waals surface area (Å²) in [6.07, 6.45) is 4.98. The number of thioether (sulfide) groups is 1. The van der Waals surface area contributed by atoms with Gasteiger partial charge in [-0.15, -0.1) is 0 Å². The molecule has 5 nitrogen and oxygen atoms in total. The molecule has 0 saturated carbocycles. The number of piperidine rings is 1. The highest BCUT2D eigenvalue weighted by Crippen LogP contribution is 2.18. The van der Waals surface area contributed by atoms with Crippen molar-refractivity contribution in [3.8, 4) is 0 Å². The molecule has 0 aromatic rings. The monoisotopic (exact) mass is 323 g/mol. The number of nitrogens with zero attached hydrogens (tertiary/aromatic N) is 1. The van der Waals surface area contributed by atoms with Crippen LogP contribution >= 0.6 is 11.8 Å². The third-order valence-electron chi connectivity index (χ3n) is 3.45. The molecule has 7 heteroatoms. The summed E-state index contributed by atoms with van der Waals surface area (Å²) in [5.74, 6) is 1.41. The first-order valence-corrected chi connectivity index (χ1v) is 10.3. The van der Waals surface area contributed by atoms with Gasteiger partial charge in [0.1, 0.15) is 0 Å². The molecule has 1 fully saturated rings. The summed E-state index contributed by atoms with van der Waals surface area (Å²) >= 11 is 1.74. The zero-order valence-corrected chi connectivity index (χ0v) is 14.5. The van der Waals surface area contributed by atoms with Crippen molar-refractivity contribution in [1.82, 2.24) is 14.3 Å². The molecule has 1 rings (SSSR count). The van der Waals surface area contributed by atoms with Crippen LogP contribution in [-0.2, 0) is 10.2 Å². The van der Waals surface area contributed by atoms with Crippen molar-refractivity contribution in [2.24, 2.45) is 5.92 Å². The van der Waals surface area contributed by atoms with Gasteiger partial charge in [0.05, 0.1) is 0 Å². The van der Waals surface area contributed by atoms with Crippen LogP contribution in [0.1, 0.15) is 33.1 Å². The Morgan fingerprint density at radius 3 is 2.80 bits per heavy atom. The van der Waals surface area contributed by atoms with Crippen molar-refractivity contribution < 1.29 is 8.42 Å². The van der Waals surface area contributed by atoms with E-state index in [0.717, 1.165) is 31.6 Å². The summed E-state index contributed by atoms with van der Waals surface area (Å²) in [5.41, 5.74) is 0. The summed E-state index contributed by atoms with van der Waals surface area (Å²) < 4.78 is 28.8. The first kappa shape index (κ1) is 18.2. The molecule has 1 aliphatic rings. The lowest BCUT2D eigenvalue weighted by molar-refractivity contribution is 0.254. The van der Waals surface area contributed by atoms with E-state index in [0.29, 0.717) is 31.6 Å². The minimum Gasteiger partial charge on any atom is -0.314 e. The van der Waals surface area contributed by atoms with Crippen LogP contribution in [-0.4, -0.2) is 57.0 Å². The Hall–Kier alpha value is 0.180. The fourth-order valence-electron chi connectivity index (χ4n) is 2.32. The van der Waals surface area contributed by atoms with E-state index in [1.807, 2.05) is 6.26 Å². The average Bonchev–Trinajstić information content (AvgIpc) is 2.42. The molecule has 1 heterocycles. The first-order chi connectivity index (χ1) is 9.45. The highest BCUT2D eigenvalue weighted by Gasteiger charge is 2.28. The molecule has 0 aromatic heterocycles. The van der Waals surface area contributed by atoms with Crippen LogP contribution in [0, 0.1) is 5.92 Å². The van der Waals surface area contributed by atoms with Gasteiger partial charge in [0, 0.05) is 25.7 Å².